The molecule has 11 aromatic rings. The Morgan fingerprint density at radius 2 is 0.982 bits per heavy atom. The van der Waals surface area contributed by atoms with Crippen LogP contribution in [0.4, 0.5) is 0 Å². The molecule has 0 radical (unpaired) electrons. The molecule has 0 unspecified atom stereocenters. The van der Waals surface area contributed by atoms with Gasteiger partial charge in [-0.05, 0) is 77.8 Å². The van der Waals surface area contributed by atoms with Crippen LogP contribution in [0, 0.1) is 0 Å². The molecule has 0 spiro atoms. The molecule has 258 valence electrons. The molecule has 2 heteroatoms. The predicted molar refractivity (Wildman–Crippen MR) is 230 cm³/mol. The van der Waals surface area contributed by atoms with Crippen LogP contribution in [0.3, 0.4) is 0 Å². The molecule has 0 aliphatic heterocycles. The molecule has 0 atom stereocenters. The lowest BCUT2D eigenvalue weighted by atomic mass is 9.82. The van der Waals surface area contributed by atoms with Gasteiger partial charge in [0.2, 0.25) is 0 Å². The summed E-state index contributed by atoms with van der Waals surface area (Å²) in [5.74, 6) is 0. The molecule has 12 rings (SSSR count). The van der Waals surface area contributed by atoms with E-state index in [9.17, 15) is 0 Å². The Bertz CT molecular complexity index is 3350. The fourth-order valence-electron chi connectivity index (χ4n) is 9.82. The van der Waals surface area contributed by atoms with E-state index in [1.807, 2.05) is 6.26 Å². The third kappa shape index (κ3) is 4.14. The number of hydrogen-bond donors (Lipinski definition) is 0. The summed E-state index contributed by atoms with van der Waals surface area (Å²) in [4.78, 5) is 0. The van der Waals surface area contributed by atoms with Crippen molar-refractivity contribution in [1.82, 2.24) is 0 Å². The summed E-state index contributed by atoms with van der Waals surface area (Å²) in [6.07, 6.45) is 1.92. The number of rotatable bonds is 3. The van der Waals surface area contributed by atoms with Crippen LogP contribution in [0.1, 0.15) is 25.0 Å². The lowest BCUT2D eigenvalue weighted by Gasteiger charge is -2.21. The van der Waals surface area contributed by atoms with Crippen molar-refractivity contribution in [3.63, 3.8) is 0 Å². The molecule has 0 bridgehead atoms. The molecule has 0 N–H and O–H groups in total. The van der Waals surface area contributed by atoms with E-state index in [2.05, 4.69) is 178 Å². The Labute approximate surface area is 317 Å². The van der Waals surface area contributed by atoms with E-state index in [1.54, 1.807) is 0 Å². The van der Waals surface area contributed by atoms with Crippen molar-refractivity contribution in [2.45, 2.75) is 19.3 Å². The Kier molecular flexibility index (Phi) is 6.15. The highest BCUT2D eigenvalue weighted by atomic mass is 16.3. The van der Waals surface area contributed by atoms with Crippen molar-refractivity contribution in [3.8, 4) is 44.5 Å². The topological polar surface area (TPSA) is 26.3 Å². The van der Waals surface area contributed by atoms with Crippen LogP contribution in [0.25, 0.3) is 110 Å². The van der Waals surface area contributed by atoms with Gasteiger partial charge in [0.25, 0.3) is 0 Å². The van der Waals surface area contributed by atoms with Crippen molar-refractivity contribution in [1.29, 1.82) is 0 Å². The van der Waals surface area contributed by atoms with Crippen LogP contribution in [0.15, 0.2) is 179 Å². The second-order valence-electron chi connectivity index (χ2n) is 15.5. The van der Waals surface area contributed by atoms with Gasteiger partial charge in [-0.15, -0.1) is 0 Å². The van der Waals surface area contributed by atoms with Gasteiger partial charge in [0.15, 0.2) is 0 Å². The molecule has 0 saturated heterocycles. The van der Waals surface area contributed by atoms with E-state index in [0.717, 1.165) is 49.6 Å². The van der Waals surface area contributed by atoms with Gasteiger partial charge in [-0.2, -0.15) is 0 Å². The summed E-state index contributed by atoms with van der Waals surface area (Å²) in [5.41, 5.74) is 14.8. The summed E-state index contributed by atoms with van der Waals surface area (Å²) in [7, 11) is 0. The average Bonchev–Trinajstić information content (AvgIpc) is 3.90. The third-order valence-corrected chi connectivity index (χ3v) is 12.4. The zero-order chi connectivity index (χ0) is 36.4. The minimum Gasteiger partial charge on any atom is -0.464 e. The quantitative estimate of drug-likeness (QED) is 0.171. The minimum absolute atomic E-state index is 0.0979. The standard InChI is InChI=1S/C53H34O2/c1-53(2)45-24-10-9-20-41(45)50-46(53)27-26-40-39-22-12-23-42(51(39)55-52(40)50)49-37-18-7-5-16-35(37)48(36-17-6-8-19-38(36)49)32-25-28-47-43(29-32)44(30-54-47)34-21-11-14-31-13-3-4-15-33(31)34/h3-30H,1-2H3. The molecule has 0 fully saturated rings. The zero-order valence-electron chi connectivity index (χ0n) is 30.5. The number of furan rings is 2. The normalized spacial score (nSPS) is 13.4. The van der Waals surface area contributed by atoms with E-state index in [1.165, 1.54) is 71.3 Å². The average molecular weight is 703 g/mol. The maximum Gasteiger partial charge on any atom is 0.143 e. The van der Waals surface area contributed by atoms with E-state index in [-0.39, 0.29) is 5.41 Å². The fourth-order valence-corrected chi connectivity index (χ4v) is 9.82. The highest BCUT2D eigenvalue weighted by molar-refractivity contribution is 6.25. The summed E-state index contributed by atoms with van der Waals surface area (Å²) in [5, 5.41) is 10.6. The fraction of sp³-hybridized carbons (Fsp3) is 0.0566. The Morgan fingerprint density at radius 3 is 1.78 bits per heavy atom. The van der Waals surface area contributed by atoms with Gasteiger partial charge in [0, 0.05) is 43.8 Å². The SMILES string of the molecule is CC1(C)c2ccccc2-c2c1ccc1c2oc2c(-c3c4ccccc4c(-c4ccc5occ(-c6cccc7ccccc67)c5c4)c4ccccc34)cccc21. The lowest BCUT2D eigenvalue weighted by molar-refractivity contribution is 0.617. The van der Waals surface area contributed by atoms with Gasteiger partial charge >= 0.3 is 0 Å². The molecule has 2 aromatic heterocycles. The van der Waals surface area contributed by atoms with Crippen LogP contribution in [0.2, 0.25) is 0 Å². The van der Waals surface area contributed by atoms with Crippen LogP contribution in [-0.4, -0.2) is 0 Å². The first-order chi connectivity index (χ1) is 27.1. The van der Waals surface area contributed by atoms with Crippen molar-refractivity contribution in [3.05, 3.63) is 181 Å². The summed E-state index contributed by atoms with van der Waals surface area (Å²) < 4.78 is 13.4. The number of benzene rings is 9. The molecular weight excluding hydrogens is 669 g/mol. The maximum absolute atomic E-state index is 7.16. The molecule has 2 heterocycles. The molecule has 1 aliphatic carbocycles. The minimum atomic E-state index is -0.0979. The van der Waals surface area contributed by atoms with Gasteiger partial charge in [-0.3, -0.25) is 0 Å². The van der Waals surface area contributed by atoms with Crippen molar-refractivity contribution in [2.75, 3.05) is 0 Å². The molecule has 0 saturated carbocycles. The highest BCUT2D eigenvalue weighted by Crippen LogP contribution is 2.54. The summed E-state index contributed by atoms with van der Waals surface area (Å²) in [6.45, 7) is 4.65. The highest BCUT2D eigenvalue weighted by Gasteiger charge is 2.37. The zero-order valence-corrected chi connectivity index (χ0v) is 30.5. The van der Waals surface area contributed by atoms with Crippen molar-refractivity contribution < 1.29 is 8.83 Å². The number of hydrogen-bond acceptors (Lipinski definition) is 2. The van der Waals surface area contributed by atoms with Crippen LogP contribution >= 0.6 is 0 Å². The second-order valence-corrected chi connectivity index (χ2v) is 15.5. The van der Waals surface area contributed by atoms with E-state index in [4.69, 9.17) is 8.83 Å². The first-order valence-corrected chi connectivity index (χ1v) is 19.1. The Morgan fingerprint density at radius 1 is 0.382 bits per heavy atom. The molecule has 0 amide bonds. The van der Waals surface area contributed by atoms with Gasteiger partial charge in [-0.1, -0.05) is 166 Å². The van der Waals surface area contributed by atoms with Gasteiger partial charge in [-0.25, -0.2) is 0 Å². The Hall–Kier alpha value is -6.90. The molecule has 55 heavy (non-hydrogen) atoms. The number of fused-ring (bicyclic) bond motifs is 11. The van der Waals surface area contributed by atoms with E-state index < -0.39 is 0 Å². The van der Waals surface area contributed by atoms with Crippen LogP contribution < -0.4 is 0 Å². The lowest BCUT2D eigenvalue weighted by Crippen LogP contribution is -2.14. The summed E-state index contributed by atoms with van der Waals surface area (Å²) in [6, 6.07) is 59.5. The van der Waals surface area contributed by atoms with Crippen molar-refractivity contribution in [2.24, 2.45) is 0 Å². The largest absolute Gasteiger partial charge is 0.464 e. The molecule has 9 aromatic carbocycles. The van der Waals surface area contributed by atoms with Crippen molar-refractivity contribution >= 4 is 65.2 Å². The Balaban J connectivity index is 1.12. The molecule has 2 nitrogen and oxygen atoms in total. The van der Waals surface area contributed by atoms with Crippen LogP contribution in [0.5, 0.6) is 0 Å². The van der Waals surface area contributed by atoms with Crippen LogP contribution in [-0.2, 0) is 5.41 Å². The monoisotopic (exact) mass is 702 g/mol. The van der Waals surface area contributed by atoms with E-state index >= 15 is 0 Å². The van der Waals surface area contributed by atoms with Gasteiger partial charge in [0.05, 0.1) is 6.26 Å². The first-order valence-electron chi connectivity index (χ1n) is 19.1. The smallest absolute Gasteiger partial charge is 0.143 e. The van der Waals surface area contributed by atoms with Gasteiger partial charge < -0.3 is 8.83 Å². The van der Waals surface area contributed by atoms with Gasteiger partial charge in [0.1, 0.15) is 16.7 Å². The second kappa shape index (κ2) is 11.1. The number of para-hydroxylation sites is 1. The molecular formula is C53H34O2. The van der Waals surface area contributed by atoms with E-state index in [0.29, 0.717) is 0 Å². The molecule has 1 aliphatic rings. The maximum atomic E-state index is 7.16. The first kappa shape index (κ1) is 30.6. The predicted octanol–water partition coefficient (Wildman–Crippen LogP) is 15.1. The summed E-state index contributed by atoms with van der Waals surface area (Å²) >= 11 is 0. The third-order valence-electron chi connectivity index (χ3n) is 12.4.